The molecule has 3 N–H and O–H groups in total. The maximum Gasteiger partial charge on any atom is 0.269 e. The number of nitrogens with zero attached hydrogens (tertiary/aromatic N) is 1. The van der Waals surface area contributed by atoms with Crippen molar-refractivity contribution in [2.75, 3.05) is 11.3 Å². The molecule has 0 unspecified atom stereocenters. The lowest BCUT2D eigenvalue weighted by molar-refractivity contribution is -0.125. The summed E-state index contributed by atoms with van der Waals surface area (Å²) in [6, 6.07) is 14.3. The van der Waals surface area contributed by atoms with E-state index in [9.17, 15) is 22.8 Å². The monoisotopic (exact) mass is 532 g/mol. The highest BCUT2D eigenvalue weighted by molar-refractivity contribution is 7.92. The number of carbonyl (C=O) groups is 3. The van der Waals surface area contributed by atoms with Crippen LogP contribution in [-0.4, -0.2) is 43.6 Å². The molecule has 0 spiro atoms. The van der Waals surface area contributed by atoms with Gasteiger partial charge in [-0.05, 0) is 60.7 Å². The van der Waals surface area contributed by atoms with Crippen molar-refractivity contribution >= 4 is 56.4 Å². The third kappa shape index (κ3) is 5.81. The second-order valence-corrected chi connectivity index (χ2v) is 10.8. The summed E-state index contributed by atoms with van der Waals surface area (Å²) < 4.78 is 27.9. The number of thiophene rings is 1. The Bertz CT molecular complexity index is 1360. The number of carbonyl (C=O) groups excluding carboxylic acids is 3. The molecule has 9 nitrogen and oxygen atoms in total. The summed E-state index contributed by atoms with van der Waals surface area (Å²) in [5.41, 5.74) is 4.95. The lowest BCUT2D eigenvalue weighted by Gasteiger charge is -2.23. The number of benzene rings is 2. The minimum absolute atomic E-state index is 0.0252. The zero-order valence-corrected chi connectivity index (χ0v) is 20.6. The van der Waals surface area contributed by atoms with Crippen molar-refractivity contribution in [2.24, 2.45) is 0 Å². The summed E-state index contributed by atoms with van der Waals surface area (Å²) in [5, 5.41) is 2.16. The van der Waals surface area contributed by atoms with Crippen LogP contribution >= 0.6 is 22.9 Å². The van der Waals surface area contributed by atoms with E-state index in [-0.39, 0.29) is 22.1 Å². The molecule has 1 aromatic heterocycles. The van der Waals surface area contributed by atoms with Crippen LogP contribution in [0.15, 0.2) is 70.9 Å². The molecule has 1 fully saturated rings. The normalized spacial score (nSPS) is 15.5. The fourth-order valence-electron chi connectivity index (χ4n) is 3.67. The standard InChI is InChI=1S/C23H21ClN4O5S2/c24-16-6-2-7-17(14-16)27-35(32,33)18-8-1-5-15(13-18)21(29)25-26-22(30)19-9-3-11-28(19)23(31)20-10-4-12-34-20/h1-2,4-8,10,12-14,19,27H,3,9,11H2,(H,25,29)(H,26,30)/t19-/m0/s1. The Labute approximate surface area is 211 Å². The molecule has 1 aliphatic rings. The minimum Gasteiger partial charge on any atom is -0.326 e. The number of halogens is 1. The summed E-state index contributed by atoms with van der Waals surface area (Å²) in [6.07, 6.45) is 1.14. The van der Waals surface area contributed by atoms with Crippen molar-refractivity contribution in [3.8, 4) is 0 Å². The molecule has 3 aromatic rings. The summed E-state index contributed by atoms with van der Waals surface area (Å²) in [5.74, 6) is -1.45. The van der Waals surface area contributed by atoms with E-state index in [2.05, 4.69) is 15.6 Å². The van der Waals surface area contributed by atoms with Gasteiger partial charge in [-0.25, -0.2) is 8.42 Å². The molecule has 3 amide bonds. The van der Waals surface area contributed by atoms with E-state index >= 15 is 0 Å². The van der Waals surface area contributed by atoms with Gasteiger partial charge in [-0.1, -0.05) is 29.8 Å². The number of sulfonamides is 1. The van der Waals surface area contributed by atoms with Crippen LogP contribution in [0.3, 0.4) is 0 Å². The molecule has 0 bridgehead atoms. The lowest BCUT2D eigenvalue weighted by atomic mass is 10.2. The lowest BCUT2D eigenvalue weighted by Crippen LogP contribution is -2.51. The quantitative estimate of drug-likeness (QED) is 0.420. The molecule has 2 aromatic carbocycles. The first kappa shape index (κ1) is 24.7. The van der Waals surface area contributed by atoms with E-state index in [1.165, 1.54) is 46.6 Å². The summed E-state index contributed by atoms with van der Waals surface area (Å²) in [7, 11) is -3.99. The van der Waals surface area contributed by atoms with Gasteiger partial charge in [0.05, 0.1) is 15.5 Å². The van der Waals surface area contributed by atoms with Gasteiger partial charge in [0.15, 0.2) is 0 Å². The third-order valence-corrected chi connectivity index (χ3v) is 7.80. The van der Waals surface area contributed by atoms with Crippen LogP contribution in [0.5, 0.6) is 0 Å². The molecule has 12 heteroatoms. The number of amides is 3. The Morgan fingerprint density at radius 1 is 1.00 bits per heavy atom. The van der Waals surface area contributed by atoms with Gasteiger partial charge in [-0.15, -0.1) is 11.3 Å². The van der Waals surface area contributed by atoms with Crippen LogP contribution in [0.1, 0.15) is 32.9 Å². The predicted octanol–water partition coefficient (Wildman–Crippen LogP) is 3.27. The summed E-state index contributed by atoms with van der Waals surface area (Å²) in [4.78, 5) is 39.9. The van der Waals surface area contributed by atoms with E-state index in [1.807, 2.05) is 0 Å². The van der Waals surface area contributed by atoms with Crippen LogP contribution in [-0.2, 0) is 14.8 Å². The van der Waals surface area contributed by atoms with Crippen molar-refractivity contribution in [1.82, 2.24) is 15.8 Å². The van der Waals surface area contributed by atoms with Gasteiger partial charge in [0, 0.05) is 17.1 Å². The van der Waals surface area contributed by atoms with Crippen molar-refractivity contribution in [3.05, 3.63) is 81.5 Å². The molecular weight excluding hydrogens is 512 g/mol. The first-order valence-corrected chi connectivity index (χ1v) is 13.3. The second kappa shape index (κ2) is 10.5. The molecule has 1 aliphatic heterocycles. The van der Waals surface area contributed by atoms with Crippen molar-refractivity contribution in [3.63, 3.8) is 0 Å². The van der Waals surface area contributed by atoms with Crippen LogP contribution in [0.25, 0.3) is 0 Å². The molecule has 1 atom stereocenters. The molecule has 0 radical (unpaired) electrons. The molecular formula is C23H21ClN4O5S2. The Kier molecular flexibility index (Phi) is 7.39. The number of nitrogens with one attached hydrogen (secondary N) is 3. The van der Waals surface area contributed by atoms with Crippen molar-refractivity contribution in [2.45, 2.75) is 23.8 Å². The number of hydrogen-bond donors (Lipinski definition) is 3. The van der Waals surface area contributed by atoms with Crippen molar-refractivity contribution in [1.29, 1.82) is 0 Å². The molecule has 182 valence electrons. The number of rotatable bonds is 6. The first-order chi connectivity index (χ1) is 16.7. The van der Waals surface area contributed by atoms with E-state index in [0.29, 0.717) is 29.3 Å². The predicted molar refractivity (Wildman–Crippen MR) is 133 cm³/mol. The largest absolute Gasteiger partial charge is 0.326 e. The van der Waals surface area contributed by atoms with Gasteiger partial charge in [0.25, 0.3) is 27.7 Å². The van der Waals surface area contributed by atoms with Gasteiger partial charge in [0.2, 0.25) is 0 Å². The highest BCUT2D eigenvalue weighted by atomic mass is 35.5. The Hall–Kier alpha value is -3.41. The van der Waals surface area contributed by atoms with E-state index in [0.717, 1.165) is 0 Å². The molecule has 2 heterocycles. The van der Waals surface area contributed by atoms with Gasteiger partial charge >= 0.3 is 0 Å². The fourth-order valence-corrected chi connectivity index (χ4v) is 5.63. The van der Waals surface area contributed by atoms with E-state index in [1.54, 1.807) is 35.7 Å². The van der Waals surface area contributed by atoms with Gasteiger partial charge in [0.1, 0.15) is 6.04 Å². The summed E-state index contributed by atoms with van der Waals surface area (Å²) in [6.45, 7) is 0.447. The molecule has 4 rings (SSSR count). The zero-order chi connectivity index (χ0) is 25.0. The highest BCUT2D eigenvalue weighted by Crippen LogP contribution is 2.23. The van der Waals surface area contributed by atoms with Gasteiger partial charge < -0.3 is 4.90 Å². The SMILES string of the molecule is O=C(NNC(=O)[C@@H]1CCCN1C(=O)c1cccs1)c1cccc(S(=O)(=O)Nc2cccc(Cl)c2)c1. The molecule has 0 aliphatic carbocycles. The van der Waals surface area contributed by atoms with Crippen LogP contribution in [0.4, 0.5) is 5.69 Å². The number of likely N-dealkylation sites (tertiary alicyclic amines) is 1. The number of hydrazine groups is 1. The van der Waals surface area contributed by atoms with Gasteiger partial charge in [-0.2, -0.15) is 0 Å². The zero-order valence-electron chi connectivity index (χ0n) is 18.2. The minimum atomic E-state index is -3.99. The van der Waals surface area contributed by atoms with Crippen molar-refractivity contribution < 1.29 is 22.8 Å². The Morgan fingerprint density at radius 3 is 2.54 bits per heavy atom. The molecule has 1 saturated heterocycles. The average Bonchev–Trinajstić information content (AvgIpc) is 3.54. The molecule has 0 saturated carbocycles. The van der Waals surface area contributed by atoms with Crippen LogP contribution in [0, 0.1) is 0 Å². The van der Waals surface area contributed by atoms with E-state index in [4.69, 9.17) is 11.6 Å². The Morgan fingerprint density at radius 2 is 1.80 bits per heavy atom. The average molecular weight is 533 g/mol. The van der Waals surface area contributed by atoms with Crippen LogP contribution < -0.4 is 15.6 Å². The summed E-state index contributed by atoms with van der Waals surface area (Å²) >= 11 is 7.20. The maximum atomic E-state index is 12.7. The third-order valence-electron chi connectivity index (χ3n) is 5.33. The second-order valence-electron chi connectivity index (χ2n) is 7.72. The number of anilines is 1. The van der Waals surface area contributed by atoms with E-state index < -0.39 is 27.9 Å². The maximum absolute atomic E-state index is 12.7. The topological polar surface area (TPSA) is 125 Å². The molecule has 35 heavy (non-hydrogen) atoms. The smallest absolute Gasteiger partial charge is 0.269 e. The highest BCUT2D eigenvalue weighted by Gasteiger charge is 2.35. The fraction of sp³-hybridized carbons (Fsp3) is 0.174. The van der Waals surface area contributed by atoms with Gasteiger partial charge in [-0.3, -0.25) is 30.0 Å². The number of hydrogen-bond acceptors (Lipinski definition) is 6. The Balaban J connectivity index is 1.40. The van der Waals surface area contributed by atoms with Crippen LogP contribution in [0.2, 0.25) is 5.02 Å². The first-order valence-electron chi connectivity index (χ1n) is 10.6.